The standard InChI is InChI=1S/C17H36N2O/c1-4-5-6-7-8-9-10-11-12-13-14-19-15-17(2,3)16(18)20/h19H,4-15H2,1-3H3,(H2,18,20). The zero-order chi connectivity index (χ0) is 15.3. The number of nitrogens with one attached hydrogen (secondary N) is 1. The average Bonchev–Trinajstić information content (AvgIpc) is 2.39. The highest BCUT2D eigenvalue weighted by Crippen LogP contribution is 2.12. The quantitative estimate of drug-likeness (QED) is 0.474. The monoisotopic (exact) mass is 284 g/mol. The third-order valence-electron chi connectivity index (χ3n) is 3.94. The smallest absolute Gasteiger partial charge is 0.224 e. The molecule has 0 saturated heterocycles. The molecular formula is C17H36N2O. The van der Waals surface area contributed by atoms with Crippen molar-refractivity contribution >= 4 is 5.91 Å². The number of carbonyl (C=O) groups excluding carboxylic acids is 1. The van der Waals surface area contributed by atoms with Gasteiger partial charge in [-0.15, -0.1) is 0 Å². The molecule has 0 unspecified atom stereocenters. The first kappa shape index (κ1) is 19.4. The van der Waals surface area contributed by atoms with Crippen LogP contribution in [0.3, 0.4) is 0 Å². The van der Waals surface area contributed by atoms with E-state index in [4.69, 9.17) is 5.73 Å². The van der Waals surface area contributed by atoms with Crippen LogP contribution in [0.1, 0.15) is 85.0 Å². The maximum absolute atomic E-state index is 11.1. The van der Waals surface area contributed by atoms with E-state index in [1.54, 1.807) is 0 Å². The van der Waals surface area contributed by atoms with Crippen molar-refractivity contribution < 1.29 is 4.79 Å². The minimum atomic E-state index is -0.432. The van der Waals surface area contributed by atoms with Crippen LogP contribution in [-0.4, -0.2) is 19.0 Å². The highest BCUT2D eigenvalue weighted by molar-refractivity contribution is 5.80. The number of hydrogen-bond acceptors (Lipinski definition) is 2. The van der Waals surface area contributed by atoms with Crippen LogP contribution < -0.4 is 11.1 Å². The zero-order valence-electron chi connectivity index (χ0n) is 14.0. The fraction of sp³-hybridized carbons (Fsp3) is 0.941. The van der Waals surface area contributed by atoms with Gasteiger partial charge in [0, 0.05) is 6.54 Å². The van der Waals surface area contributed by atoms with Crippen molar-refractivity contribution in [2.24, 2.45) is 11.1 Å². The van der Waals surface area contributed by atoms with Crippen LogP contribution in [0.4, 0.5) is 0 Å². The number of nitrogens with two attached hydrogens (primary N) is 1. The van der Waals surface area contributed by atoms with E-state index >= 15 is 0 Å². The molecule has 0 heterocycles. The summed E-state index contributed by atoms with van der Waals surface area (Å²) in [6, 6.07) is 0. The van der Waals surface area contributed by atoms with E-state index in [1.807, 2.05) is 13.8 Å². The number of primary amides is 1. The minimum Gasteiger partial charge on any atom is -0.369 e. The molecule has 0 aliphatic heterocycles. The molecule has 0 fully saturated rings. The lowest BCUT2D eigenvalue weighted by Gasteiger charge is -2.20. The largest absolute Gasteiger partial charge is 0.369 e. The lowest BCUT2D eigenvalue weighted by molar-refractivity contribution is -0.125. The van der Waals surface area contributed by atoms with Crippen molar-refractivity contribution in [3.8, 4) is 0 Å². The van der Waals surface area contributed by atoms with Gasteiger partial charge in [-0.1, -0.05) is 64.7 Å². The lowest BCUT2D eigenvalue weighted by atomic mass is 9.93. The average molecular weight is 284 g/mol. The Morgan fingerprint density at radius 2 is 1.35 bits per heavy atom. The number of unbranched alkanes of at least 4 members (excludes halogenated alkanes) is 9. The Morgan fingerprint density at radius 1 is 0.900 bits per heavy atom. The van der Waals surface area contributed by atoms with Crippen molar-refractivity contribution in [2.75, 3.05) is 13.1 Å². The second kappa shape index (κ2) is 12.2. The van der Waals surface area contributed by atoms with Gasteiger partial charge in [0.2, 0.25) is 5.91 Å². The molecule has 3 nitrogen and oxygen atoms in total. The van der Waals surface area contributed by atoms with Gasteiger partial charge in [0.05, 0.1) is 5.41 Å². The fourth-order valence-electron chi connectivity index (χ4n) is 2.23. The Balaban J connectivity index is 3.19. The van der Waals surface area contributed by atoms with Crippen molar-refractivity contribution in [1.29, 1.82) is 0 Å². The van der Waals surface area contributed by atoms with Crippen LogP contribution in [0.2, 0.25) is 0 Å². The third kappa shape index (κ3) is 11.3. The summed E-state index contributed by atoms with van der Waals surface area (Å²) in [6.45, 7) is 7.72. The first-order valence-electron chi connectivity index (χ1n) is 8.51. The Hall–Kier alpha value is -0.570. The van der Waals surface area contributed by atoms with E-state index in [2.05, 4.69) is 12.2 Å². The van der Waals surface area contributed by atoms with Gasteiger partial charge >= 0.3 is 0 Å². The topological polar surface area (TPSA) is 55.1 Å². The lowest BCUT2D eigenvalue weighted by Crippen LogP contribution is -2.40. The van der Waals surface area contributed by atoms with Gasteiger partial charge in [-0.3, -0.25) is 4.79 Å². The molecule has 3 heteroatoms. The number of amides is 1. The Bertz CT molecular complexity index is 239. The van der Waals surface area contributed by atoms with Crippen LogP contribution in [0.15, 0.2) is 0 Å². The number of carbonyl (C=O) groups is 1. The molecule has 0 atom stereocenters. The predicted octanol–water partition coefficient (Wildman–Crippen LogP) is 4.01. The normalized spacial score (nSPS) is 11.8. The Labute approximate surface area is 126 Å². The van der Waals surface area contributed by atoms with Crippen LogP contribution in [0, 0.1) is 5.41 Å². The SMILES string of the molecule is CCCCCCCCCCCCNCC(C)(C)C(N)=O. The summed E-state index contributed by atoms with van der Waals surface area (Å²) in [6.07, 6.45) is 13.6. The van der Waals surface area contributed by atoms with E-state index in [0.717, 1.165) is 6.54 Å². The molecule has 0 aromatic heterocycles. The van der Waals surface area contributed by atoms with Crippen LogP contribution >= 0.6 is 0 Å². The van der Waals surface area contributed by atoms with E-state index in [9.17, 15) is 4.79 Å². The van der Waals surface area contributed by atoms with Crippen molar-refractivity contribution in [1.82, 2.24) is 5.32 Å². The molecular weight excluding hydrogens is 248 g/mol. The molecule has 0 saturated carbocycles. The molecule has 3 N–H and O–H groups in total. The fourth-order valence-corrected chi connectivity index (χ4v) is 2.23. The van der Waals surface area contributed by atoms with E-state index in [1.165, 1.54) is 64.2 Å². The number of rotatable bonds is 14. The van der Waals surface area contributed by atoms with Crippen molar-refractivity contribution in [3.05, 3.63) is 0 Å². The summed E-state index contributed by atoms with van der Waals surface area (Å²) in [7, 11) is 0. The van der Waals surface area contributed by atoms with E-state index in [-0.39, 0.29) is 5.91 Å². The molecule has 0 bridgehead atoms. The molecule has 120 valence electrons. The molecule has 0 aromatic carbocycles. The maximum atomic E-state index is 11.1. The van der Waals surface area contributed by atoms with Crippen LogP contribution in [0.25, 0.3) is 0 Å². The third-order valence-corrected chi connectivity index (χ3v) is 3.94. The van der Waals surface area contributed by atoms with Crippen molar-refractivity contribution in [3.63, 3.8) is 0 Å². The van der Waals surface area contributed by atoms with Gasteiger partial charge in [0.1, 0.15) is 0 Å². The summed E-state index contributed by atoms with van der Waals surface area (Å²) in [5.74, 6) is -0.229. The van der Waals surface area contributed by atoms with Gasteiger partial charge in [-0.05, 0) is 26.8 Å². The Kier molecular flexibility index (Phi) is 11.8. The second-order valence-corrected chi connectivity index (χ2v) is 6.61. The summed E-state index contributed by atoms with van der Waals surface area (Å²) in [4.78, 5) is 11.1. The van der Waals surface area contributed by atoms with Gasteiger partial charge in [-0.2, -0.15) is 0 Å². The summed E-state index contributed by atoms with van der Waals surface area (Å²) in [5, 5.41) is 3.33. The Morgan fingerprint density at radius 3 is 1.80 bits per heavy atom. The van der Waals surface area contributed by atoms with Gasteiger partial charge in [0.15, 0.2) is 0 Å². The second-order valence-electron chi connectivity index (χ2n) is 6.61. The molecule has 20 heavy (non-hydrogen) atoms. The highest BCUT2D eigenvalue weighted by Gasteiger charge is 2.23. The molecule has 0 aliphatic carbocycles. The van der Waals surface area contributed by atoms with E-state index < -0.39 is 5.41 Å². The molecule has 0 aromatic rings. The molecule has 0 rings (SSSR count). The maximum Gasteiger partial charge on any atom is 0.224 e. The van der Waals surface area contributed by atoms with Gasteiger partial charge in [0.25, 0.3) is 0 Å². The molecule has 0 spiro atoms. The van der Waals surface area contributed by atoms with E-state index in [0.29, 0.717) is 6.54 Å². The zero-order valence-corrected chi connectivity index (χ0v) is 14.0. The molecule has 0 aliphatic rings. The number of hydrogen-bond donors (Lipinski definition) is 2. The van der Waals surface area contributed by atoms with Crippen molar-refractivity contribution in [2.45, 2.75) is 85.0 Å². The van der Waals surface area contributed by atoms with Gasteiger partial charge < -0.3 is 11.1 Å². The predicted molar refractivity (Wildman–Crippen MR) is 87.7 cm³/mol. The van der Waals surface area contributed by atoms with Crippen LogP contribution in [-0.2, 0) is 4.79 Å². The first-order valence-corrected chi connectivity index (χ1v) is 8.51. The molecule has 0 radical (unpaired) electrons. The van der Waals surface area contributed by atoms with Gasteiger partial charge in [-0.25, -0.2) is 0 Å². The minimum absolute atomic E-state index is 0.229. The summed E-state index contributed by atoms with van der Waals surface area (Å²) < 4.78 is 0. The molecule has 1 amide bonds. The van der Waals surface area contributed by atoms with Crippen LogP contribution in [0.5, 0.6) is 0 Å². The first-order chi connectivity index (χ1) is 9.50. The highest BCUT2D eigenvalue weighted by atomic mass is 16.1. The summed E-state index contributed by atoms with van der Waals surface area (Å²) >= 11 is 0. The summed E-state index contributed by atoms with van der Waals surface area (Å²) in [5.41, 5.74) is 4.90.